The predicted octanol–water partition coefficient (Wildman–Crippen LogP) is 3.33. The van der Waals surface area contributed by atoms with Gasteiger partial charge in [-0.05, 0) is 24.8 Å². The van der Waals surface area contributed by atoms with Gasteiger partial charge < -0.3 is 10.6 Å². The third-order valence-electron chi connectivity index (χ3n) is 3.46. The topological polar surface area (TPSA) is 42.2 Å². The smallest absolute Gasteiger partial charge is 0.147 e. The van der Waals surface area contributed by atoms with Crippen molar-refractivity contribution in [2.45, 2.75) is 32.1 Å². The van der Waals surface area contributed by atoms with Gasteiger partial charge in [-0.1, -0.05) is 30.9 Å². The molecule has 1 aliphatic carbocycles. The van der Waals surface area contributed by atoms with Gasteiger partial charge in [0, 0.05) is 13.6 Å². The molecule has 1 aromatic heterocycles. The van der Waals surface area contributed by atoms with Crippen LogP contribution >= 0.6 is 11.6 Å². The third kappa shape index (κ3) is 3.25. The molecule has 1 fully saturated rings. The van der Waals surface area contributed by atoms with E-state index in [4.69, 9.17) is 17.3 Å². The third-order valence-corrected chi connectivity index (χ3v) is 3.74. The van der Waals surface area contributed by atoms with Gasteiger partial charge in [0.25, 0.3) is 0 Å². The summed E-state index contributed by atoms with van der Waals surface area (Å²) in [7, 11) is 2.05. The summed E-state index contributed by atoms with van der Waals surface area (Å²) in [5.41, 5.74) is 6.26. The van der Waals surface area contributed by atoms with E-state index in [1.165, 1.54) is 32.1 Å². The van der Waals surface area contributed by atoms with E-state index in [1.54, 1.807) is 12.3 Å². The van der Waals surface area contributed by atoms with Crippen LogP contribution in [-0.2, 0) is 0 Å². The minimum Gasteiger partial charge on any atom is -0.397 e. The summed E-state index contributed by atoms with van der Waals surface area (Å²) in [5.74, 6) is 1.62. The SMILES string of the molecule is CN(CC1CCCCC1)c1ncc(N)cc1Cl. The standard InChI is InChI=1S/C13H20ClN3/c1-17(9-10-5-3-2-4-6-10)13-12(14)7-11(15)8-16-13/h7-8,10H,2-6,9,15H2,1H3. The Kier molecular flexibility index (Phi) is 4.11. The van der Waals surface area contributed by atoms with Crippen LogP contribution in [0.3, 0.4) is 0 Å². The quantitative estimate of drug-likeness (QED) is 0.899. The molecule has 1 aromatic rings. The van der Waals surface area contributed by atoms with Crippen LogP contribution in [0, 0.1) is 5.92 Å². The van der Waals surface area contributed by atoms with Crippen LogP contribution in [0.4, 0.5) is 11.5 Å². The fourth-order valence-corrected chi connectivity index (χ4v) is 2.89. The van der Waals surface area contributed by atoms with Gasteiger partial charge in [-0.2, -0.15) is 0 Å². The monoisotopic (exact) mass is 253 g/mol. The molecule has 17 heavy (non-hydrogen) atoms. The molecule has 0 bridgehead atoms. The molecule has 1 saturated carbocycles. The Bertz CT molecular complexity index is 375. The molecule has 2 rings (SSSR count). The summed E-state index contributed by atoms with van der Waals surface area (Å²) in [6, 6.07) is 1.77. The Morgan fingerprint density at radius 1 is 1.41 bits per heavy atom. The Balaban J connectivity index is 2.00. The highest BCUT2D eigenvalue weighted by molar-refractivity contribution is 6.33. The van der Waals surface area contributed by atoms with Crippen LogP contribution < -0.4 is 10.6 Å². The van der Waals surface area contributed by atoms with E-state index in [-0.39, 0.29) is 0 Å². The fourth-order valence-electron chi connectivity index (χ4n) is 2.57. The lowest BCUT2D eigenvalue weighted by molar-refractivity contribution is 0.361. The first-order valence-electron chi connectivity index (χ1n) is 6.29. The van der Waals surface area contributed by atoms with E-state index in [1.807, 2.05) is 0 Å². The summed E-state index contributed by atoms with van der Waals surface area (Å²) < 4.78 is 0. The molecule has 94 valence electrons. The van der Waals surface area contributed by atoms with Crippen molar-refractivity contribution in [1.82, 2.24) is 4.98 Å². The van der Waals surface area contributed by atoms with Crippen LogP contribution in [0.2, 0.25) is 5.02 Å². The van der Waals surface area contributed by atoms with Crippen molar-refractivity contribution in [3.63, 3.8) is 0 Å². The molecule has 0 unspecified atom stereocenters. The van der Waals surface area contributed by atoms with Crippen LogP contribution in [0.1, 0.15) is 32.1 Å². The molecule has 0 spiro atoms. The van der Waals surface area contributed by atoms with Gasteiger partial charge in [0.1, 0.15) is 5.82 Å². The molecule has 1 aliphatic rings. The summed E-state index contributed by atoms with van der Waals surface area (Å²) in [6.07, 6.45) is 8.44. The zero-order chi connectivity index (χ0) is 12.3. The van der Waals surface area contributed by atoms with Gasteiger partial charge in [-0.25, -0.2) is 4.98 Å². The highest BCUT2D eigenvalue weighted by atomic mass is 35.5. The molecule has 0 radical (unpaired) electrons. The summed E-state index contributed by atoms with van der Waals surface area (Å²) in [6.45, 7) is 1.04. The normalized spacial score (nSPS) is 17.1. The Morgan fingerprint density at radius 2 is 2.12 bits per heavy atom. The lowest BCUT2D eigenvalue weighted by Crippen LogP contribution is -2.27. The minimum atomic E-state index is 0.616. The first-order chi connectivity index (χ1) is 8.16. The first-order valence-corrected chi connectivity index (χ1v) is 6.67. The molecule has 1 heterocycles. The maximum Gasteiger partial charge on any atom is 0.147 e. The molecular formula is C13H20ClN3. The average molecular weight is 254 g/mol. The highest BCUT2D eigenvalue weighted by Crippen LogP contribution is 2.28. The van der Waals surface area contributed by atoms with Crippen molar-refractivity contribution in [3.8, 4) is 0 Å². The number of rotatable bonds is 3. The number of hydrogen-bond acceptors (Lipinski definition) is 3. The van der Waals surface area contributed by atoms with E-state index in [9.17, 15) is 0 Å². The molecule has 3 nitrogen and oxygen atoms in total. The van der Waals surface area contributed by atoms with Gasteiger partial charge in [-0.3, -0.25) is 0 Å². The van der Waals surface area contributed by atoms with Gasteiger partial charge in [0.05, 0.1) is 16.9 Å². The van der Waals surface area contributed by atoms with Crippen molar-refractivity contribution in [3.05, 3.63) is 17.3 Å². The van der Waals surface area contributed by atoms with Gasteiger partial charge >= 0.3 is 0 Å². The van der Waals surface area contributed by atoms with Crippen LogP contribution in [0.15, 0.2) is 12.3 Å². The average Bonchev–Trinajstić information content (AvgIpc) is 2.30. The minimum absolute atomic E-state index is 0.616. The number of halogens is 1. The Morgan fingerprint density at radius 3 is 2.76 bits per heavy atom. The summed E-state index contributed by atoms with van der Waals surface area (Å²) >= 11 is 6.16. The van der Waals surface area contributed by atoms with E-state index in [0.717, 1.165) is 18.3 Å². The number of nitrogens with zero attached hydrogens (tertiary/aromatic N) is 2. The van der Waals surface area contributed by atoms with E-state index >= 15 is 0 Å². The molecule has 4 heteroatoms. The molecule has 0 atom stereocenters. The van der Waals surface area contributed by atoms with Crippen molar-refractivity contribution < 1.29 is 0 Å². The Labute approximate surface area is 108 Å². The largest absolute Gasteiger partial charge is 0.397 e. The maximum atomic E-state index is 6.16. The van der Waals surface area contributed by atoms with Gasteiger partial charge in [0.15, 0.2) is 0 Å². The first kappa shape index (κ1) is 12.5. The van der Waals surface area contributed by atoms with Gasteiger partial charge in [0.2, 0.25) is 0 Å². The van der Waals surface area contributed by atoms with E-state index < -0.39 is 0 Å². The molecule has 0 saturated heterocycles. The molecular weight excluding hydrogens is 234 g/mol. The second kappa shape index (κ2) is 5.58. The lowest BCUT2D eigenvalue weighted by Gasteiger charge is -2.28. The zero-order valence-corrected chi connectivity index (χ0v) is 11.1. The lowest BCUT2D eigenvalue weighted by atomic mass is 9.89. The number of hydrogen-bond donors (Lipinski definition) is 1. The second-order valence-corrected chi connectivity index (χ2v) is 5.37. The molecule has 0 amide bonds. The van der Waals surface area contributed by atoms with Crippen LogP contribution in [0.5, 0.6) is 0 Å². The molecule has 2 N–H and O–H groups in total. The van der Waals surface area contributed by atoms with E-state index in [2.05, 4.69) is 16.9 Å². The molecule has 0 aromatic carbocycles. The number of anilines is 2. The van der Waals surface area contributed by atoms with Crippen molar-refractivity contribution >= 4 is 23.1 Å². The predicted molar refractivity (Wildman–Crippen MR) is 73.5 cm³/mol. The Hall–Kier alpha value is -0.960. The second-order valence-electron chi connectivity index (χ2n) is 4.96. The number of aromatic nitrogens is 1. The zero-order valence-electron chi connectivity index (χ0n) is 10.3. The highest BCUT2D eigenvalue weighted by Gasteiger charge is 2.17. The van der Waals surface area contributed by atoms with Gasteiger partial charge in [-0.15, -0.1) is 0 Å². The number of pyridine rings is 1. The fraction of sp³-hybridized carbons (Fsp3) is 0.615. The van der Waals surface area contributed by atoms with E-state index in [0.29, 0.717) is 10.7 Å². The van der Waals surface area contributed by atoms with Crippen LogP contribution in [0.25, 0.3) is 0 Å². The number of nitrogens with two attached hydrogens (primary N) is 1. The maximum absolute atomic E-state index is 6.16. The number of nitrogen functional groups attached to an aromatic ring is 1. The van der Waals surface area contributed by atoms with Crippen molar-refractivity contribution in [1.29, 1.82) is 0 Å². The summed E-state index contributed by atoms with van der Waals surface area (Å²) in [5, 5.41) is 0.642. The van der Waals surface area contributed by atoms with Crippen molar-refractivity contribution in [2.75, 3.05) is 24.2 Å². The van der Waals surface area contributed by atoms with Crippen molar-refractivity contribution in [2.24, 2.45) is 5.92 Å². The molecule has 0 aliphatic heterocycles. The van der Waals surface area contributed by atoms with Crippen LogP contribution in [-0.4, -0.2) is 18.6 Å². The summed E-state index contributed by atoms with van der Waals surface area (Å²) in [4.78, 5) is 6.46.